The van der Waals surface area contributed by atoms with Crippen LogP contribution in [0.4, 0.5) is 0 Å². The van der Waals surface area contributed by atoms with E-state index in [1.54, 1.807) is 7.11 Å². The van der Waals surface area contributed by atoms with Gasteiger partial charge >= 0.3 is 0 Å². The van der Waals surface area contributed by atoms with Crippen molar-refractivity contribution in [2.75, 3.05) is 20.3 Å². The molecular formula is C22H26N2O2S. The Morgan fingerprint density at radius 1 is 1.15 bits per heavy atom. The van der Waals surface area contributed by atoms with Crippen molar-refractivity contribution < 1.29 is 9.53 Å². The molecule has 0 bridgehead atoms. The second-order valence-electron chi connectivity index (χ2n) is 6.60. The molecule has 142 valence electrons. The molecule has 1 amide bonds. The van der Waals surface area contributed by atoms with Crippen LogP contribution in [0.2, 0.25) is 0 Å². The van der Waals surface area contributed by atoms with E-state index in [9.17, 15) is 4.79 Å². The molecule has 0 aliphatic carbocycles. The third kappa shape index (κ3) is 5.08. The molecule has 5 heteroatoms. The monoisotopic (exact) mass is 382 g/mol. The van der Waals surface area contributed by atoms with Crippen molar-refractivity contribution >= 4 is 17.2 Å². The number of benzene rings is 1. The molecule has 3 aromatic rings. The number of rotatable bonds is 9. The molecule has 0 N–H and O–H groups in total. The van der Waals surface area contributed by atoms with E-state index in [0.717, 1.165) is 23.5 Å². The second kappa shape index (κ2) is 9.53. The summed E-state index contributed by atoms with van der Waals surface area (Å²) in [5, 5.41) is 1.95. The van der Waals surface area contributed by atoms with Crippen molar-refractivity contribution in [3.63, 3.8) is 0 Å². The summed E-state index contributed by atoms with van der Waals surface area (Å²) in [5.41, 5.74) is 3.72. The number of carbonyl (C=O) groups excluding carboxylic acids is 1. The average molecular weight is 383 g/mol. The number of methoxy groups -OCH3 is 1. The smallest absolute Gasteiger partial charge is 0.264 e. The van der Waals surface area contributed by atoms with Crippen molar-refractivity contribution in [1.29, 1.82) is 0 Å². The Morgan fingerprint density at radius 3 is 2.74 bits per heavy atom. The Morgan fingerprint density at radius 2 is 2.00 bits per heavy atom. The summed E-state index contributed by atoms with van der Waals surface area (Å²) in [6.45, 7) is 4.88. The van der Waals surface area contributed by atoms with E-state index in [2.05, 4.69) is 54.1 Å². The predicted molar refractivity (Wildman–Crippen MR) is 110 cm³/mol. The Kier molecular flexibility index (Phi) is 6.85. The number of aromatic nitrogens is 1. The molecule has 27 heavy (non-hydrogen) atoms. The minimum Gasteiger partial charge on any atom is -0.385 e. The fourth-order valence-electron chi connectivity index (χ4n) is 3.12. The van der Waals surface area contributed by atoms with Crippen LogP contribution in [0, 0.1) is 6.92 Å². The maximum Gasteiger partial charge on any atom is 0.264 e. The van der Waals surface area contributed by atoms with Crippen LogP contribution in [0.5, 0.6) is 0 Å². The summed E-state index contributed by atoms with van der Waals surface area (Å²) < 4.78 is 7.40. The molecular weight excluding hydrogens is 356 g/mol. The van der Waals surface area contributed by atoms with Gasteiger partial charge in [0.15, 0.2) is 0 Å². The molecule has 0 radical (unpaired) electrons. The van der Waals surface area contributed by atoms with Gasteiger partial charge in [0.1, 0.15) is 0 Å². The van der Waals surface area contributed by atoms with Crippen LogP contribution in [0.1, 0.15) is 32.9 Å². The molecule has 2 aromatic heterocycles. The Balaban J connectivity index is 1.76. The summed E-state index contributed by atoms with van der Waals surface area (Å²) in [6, 6.07) is 16.4. The lowest BCUT2D eigenvalue weighted by Gasteiger charge is -2.23. The largest absolute Gasteiger partial charge is 0.385 e. The SMILES string of the molecule is COCCCN(Cc1cccn1Cc1ccccc1C)C(=O)c1cccs1. The molecule has 0 saturated carbocycles. The van der Waals surface area contributed by atoms with Crippen LogP contribution in [-0.4, -0.2) is 35.6 Å². The summed E-state index contributed by atoms with van der Waals surface area (Å²) in [5.74, 6) is 0.0877. The summed E-state index contributed by atoms with van der Waals surface area (Å²) in [6.07, 6.45) is 2.91. The molecule has 3 rings (SSSR count). The zero-order chi connectivity index (χ0) is 19.1. The van der Waals surface area contributed by atoms with Gasteiger partial charge in [0, 0.05) is 38.7 Å². The van der Waals surface area contributed by atoms with Gasteiger partial charge in [-0.25, -0.2) is 0 Å². The van der Waals surface area contributed by atoms with E-state index >= 15 is 0 Å². The van der Waals surface area contributed by atoms with Crippen molar-refractivity contribution in [2.24, 2.45) is 0 Å². The first kappa shape index (κ1) is 19.4. The number of thiophene rings is 1. The number of hydrogen-bond donors (Lipinski definition) is 0. The standard InChI is InChI=1S/C22H26N2O2S/c1-18-8-3-4-9-19(18)16-23-12-5-10-20(23)17-24(13-7-14-26-2)22(25)21-11-6-15-27-21/h3-6,8-12,15H,7,13-14,16-17H2,1-2H3. The van der Waals surface area contributed by atoms with E-state index in [-0.39, 0.29) is 5.91 Å². The molecule has 0 fully saturated rings. The highest BCUT2D eigenvalue weighted by Gasteiger charge is 2.18. The first-order chi connectivity index (χ1) is 13.2. The number of nitrogens with zero attached hydrogens (tertiary/aromatic N) is 2. The number of hydrogen-bond acceptors (Lipinski definition) is 3. The van der Waals surface area contributed by atoms with Gasteiger partial charge in [0.2, 0.25) is 0 Å². The van der Waals surface area contributed by atoms with Crippen molar-refractivity contribution in [2.45, 2.75) is 26.4 Å². The van der Waals surface area contributed by atoms with Crippen LogP contribution in [-0.2, 0) is 17.8 Å². The third-order valence-corrected chi connectivity index (χ3v) is 5.53. The second-order valence-corrected chi connectivity index (χ2v) is 7.55. The molecule has 0 atom stereocenters. The number of ether oxygens (including phenoxy) is 1. The van der Waals surface area contributed by atoms with Gasteiger partial charge in [0.25, 0.3) is 5.91 Å². The van der Waals surface area contributed by atoms with Gasteiger partial charge in [-0.1, -0.05) is 30.3 Å². The normalized spacial score (nSPS) is 10.9. The molecule has 1 aromatic carbocycles. The lowest BCUT2D eigenvalue weighted by atomic mass is 10.1. The zero-order valence-corrected chi connectivity index (χ0v) is 16.7. The van der Waals surface area contributed by atoms with Gasteiger partial charge in [-0.15, -0.1) is 11.3 Å². The Hall–Kier alpha value is -2.37. The number of aryl methyl sites for hydroxylation is 1. The summed E-state index contributed by atoms with van der Waals surface area (Å²) in [4.78, 5) is 15.6. The number of carbonyl (C=O) groups is 1. The van der Waals surface area contributed by atoms with Gasteiger partial charge in [0.05, 0.1) is 11.4 Å². The number of amides is 1. The molecule has 0 spiro atoms. The average Bonchev–Trinajstić information content (AvgIpc) is 3.35. The molecule has 4 nitrogen and oxygen atoms in total. The van der Waals surface area contributed by atoms with Crippen LogP contribution >= 0.6 is 11.3 Å². The Bertz CT molecular complexity index is 855. The quantitative estimate of drug-likeness (QED) is 0.508. The van der Waals surface area contributed by atoms with E-state index in [0.29, 0.717) is 19.7 Å². The minimum absolute atomic E-state index is 0.0877. The first-order valence-corrected chi connectivity index (χ1v) is 10.1. The highest BCUT2D eigenvalue weighted by atomic mass is 32.1. The van der Waals surface area contributed by atoms with Gasteiger partial charge in [-0.05, 0) is 48.1 Å². The van der Waals surface area contributed by atoms with Crippen LogP contribution < -0.4 is 0 Å². The molecule has 0 unspecified atom stereocenters. The maximum absolute atomic E-state index is 12.9. The van der Waals surface area contributed by atoms with Crippen molar-refractivity contribution in [3.05, 3.63) is 81.8 Å². The third-order valence-electron chi connectivity index (χ3n) is 4.67. The van der Waals surface area contributed by atoms with Crippen LogP contribution in [0.25, 0.3) is 0 Å². The van der Waals surface area contributed by atoms with Crippen molar-refractivity contribution in [3.8, 4) is 0 Å². The van der Waals surface area contributed by atoms with E-state index < -0.39 is 0 Å². The topological polar surface area (TPSA) is 34.5 Å². The van der Waals surface area contributed by atoms with Gasteiger partial charge < -0.3 is 14.2 Å². The Labute approximate surface area is 165 Å². The molecule has 0 aliphatic rings. The minimum atomic E-state index is 0.0877. The lowest BCUT2D eigenvalue weighted by molar-refractivity contribution is 0.0724. The predicted octanol–water partition coefficient (Wildman–Crippen LogP) is 4.59. The molecule has 0 aliphatic heterocycles. The van der Waals surface area contributed by atoms with Crippen molar-refractivity contribution in [1.82, 2.24) is 9.47 Å². The fourth-order valence-corrected chi connectivity index (χ4v) is 3.81. The van der Waals surface area contributed by atoms with Gasteiger partial charge in [-0.2, -0.15) is 0 Å². The van der Waals surface area contributed by atoms with Crippen LogP contribution in [0.15, 0.2) is 60.1 Å². The maximum atomic E-state index is 12.9. The van der Waals surface area contributed by atoms with E-state index in [1.165, 1.54) is 22.5 Å². The molecule has 0 saturated heterocycles. The lowest BCUT2D eigenvalue weighted by Crippen LogP contribution is -2.32. The van der Waals surface area contributed by atoms with E-state index in [1.807, 2.05) is 22.4 Å². The zero-order valence-electron chi connectivity index (χ0n) is 15.9. The summed E-state index contributed by atoms with van der Waals surface area (Å²) in [7, 11) is 1.69. The highest BCUT2D eigenvalue weighted by Crippen LogP contribution is 2.17. The first-order valence-electron chi connectivity index (χ1n) is 9.19. The highest BCUT2D eigenvalue weighted by molar-refractivity contribution is 7.12. The van der Waals surface area contributed by atoms with E-state index in [4.69, 9.17) is 4.74 Å². The molecule has 2 heterocycles. The fraction of sp³-hybridized carbons (Fsp3) is 0.318. The summed E-state index contributed by atoms with van der Waals surface area (Å²) >= 11 is 1.49. The van der Waals surface area contributed by atoms with Gasteiger partial charge in [-0.3, -0.25) is 4.79 Å². The van der Waals surface area contributed by atoms with Crippen LogP contribution in [0.3, 0.4) is 0 Å².